The molecule has 0 aromatic carbocycles. The largest absolute Gasteiger partial charge is 0.0651 e. The van der Waals surface area contributed by atoms with E-state index in [2.05, 4.69) is 180 Å². The SMILES string of the molecule is CC(C)C1C(C)(C)CCC1(C)C.CCC1(C)CC(C)(C)C(C)(C)C1.CCC1C(C)(C)CCC1(C)C.CCC1CC(C)(C)C(C)(C)C1.C[C@@H]1C2CCC(C2)C1(C)C.C[C@H]1CC2CCC1CC2. The first-order valence-corrected chi connectivity index (χ1v) is 29.3. The zero-order valence-electron chi connectivity index (χ0n) is 50.2. The molecule has 0 amide bonds. The summed E-state index contributed by atoms with van der Waals surface area (Å²) >= 11 is 0. The summed E-state index contributed by atoms with van der Waals surface area (Å²) in [6.07, 6.45) is 27.6. The lowest BCUT2D eigenvalue weighted by Gasteiger charge is -2.40. The Hall–Kier alpha value is 0. The van der Waals surface area contributed by atoms with Crippen molar-refractivity contribution in [3.05, 3.63) is 0 Å². The molecule has 0 heteroatoms. The van der Waals surface area contributed by atoms with Crippen molar-refractivity contribution in [1.29, 1.82) is 0 Å². The monoisotopic (exact) mass is 907 g/mol. The van der Waals surface area contributed by atoms with Gasteiger partial charge in [-0.25, -0.2) is 0 Å². The van der Waals surface area contributed by atoms with Gasteiger partial charge in [-0.05, 0) is 203 Å². The fourth-order valence-electron chi connectivity index (χ4n) is 18.1. The number of hydrogen-bond acceptors (Lipinski definition) is 0. The van der Waals surface area contributed by atoms with Crippen molar-refractivity contribution in [3.63, 3.8) is 0 Å². The fraction of sp³-hybridized carbons (Fsp3) is 1.00. The van der Waals surface area contributed by atoms with Crippen molar-refractivity contribution < 1.29 is 0 Å². The van der Waals surface area contributed by atoms with E-state index in [0.29, 0.717) is 54.1 Å². The van der Waals surface area contributed by atoms with Crippen molar-refractivity contribution in [2.45, 2.75) is 302 Å². The Bertz CT molecular complexity index is 1360. The molecule has 2 unspecified atom stereocenters. The Labute approximate surface area is 413 Å². The van der Waals surface area contributed by atoms with Crippen LogP contribution in [0, 0.1) is 113 Å². The predicted molar refractivity (Wildman–Crippen MR) is 294 cm³/mol. The summed E-state index contributed by atoms with van der Waals surface area (Å²) in [6, 6.07) is 0. The molecular formula is C65H126. The molecule has 0 heterocycles. The minimum atomic E-state index is 0.526. The van der Waals surface area contributed by atoms with Crippen molar-refractivity contribution >= 4 is 0 Å². The molecule has 0 radical (unpaired) electrons. The molecule has 386 valence electrons. The number of hydrogen-bond donors (Lipinski definition) is 0. The maximum absolute atomic E-state index is 2.46. The van der Waals surface area contributed by atoms with Crippen LogP contribution >= 0.6 is 0 Å². The van der Waals surface area contributed by atoms with Crippen LogP contribution in [0.5, 0.6) is 0 Å². The van der Waals surface area contributed by atoms with E-state index >= 15 is 0 Å². The van der Waals surface area contributed by atoms with Gasteiger partial charge in [-0.15, -0.1) is 0 Å². The molecule has 9 aliphatic rings. The predicted octanol–water partition coefficient (Wildman–Crippen LogP) is 22.0. The second kappa shape index (κ2) is 21.4. The topological polar surface area (TPSA) is 0 Å². The van der Waals surface area contributed by atoms with Crippen LogP contribution in [0.1, 0.15) is 302 Å². The van der Waals surface area contributed by atoms with Gasteiger partial charge in [-0.2, -0.15) is 0 Å². The quantitative estimate of drug-likeness (QED) is 0.264. The van der Waals surface area contributed by atoms with E-state index in [9.17, 15) is 0 Å². The molecule has 0 N–H and O–H groups in total. The van der Waals surface area contributed by atoms with E-state index in [1.807, 2.05) is 0 Å². The molecule has 4 bridgehead atoms. The molecule has 0 aromatic rings. The number of fused-ring (bicyclic) bond motifs is 5. The van der Waals surface area contributed by atoms with Gasteiger partial charge in [0.1, 0.15) is 0 Å². The van der Waals surface area contributed by atoms with Crippen molar-refractivity contribution in [2.75, 3.05) is 0 Å². The lowest BCUT2D eigenvalue weighted by molar-refractivity contribution is 0.104. The Morgan fingerprint density at radius 2 is 0.877 bits per heavy atom. The standard InChI is InChI=1S/2C12H24.2C11H22.C10H18.C9H16/c1-9(2)10-11(3,4)7-8-12(10,5)6;1-7-12(6)8-10(2,3)11(4,5)9-12;1-6-9-7-10(2,3)11(4,5)8-9;1-6-9-10(2,3)7-8-11(9,4)5;1-7-8-4-5-9(6-8)10(7,2)3;1-7-6-8-2-4-9(7)5-3-8/h9-10H,7-8H2,1-6H3;7-9H2,1-6H3;2*9H,6-8H2,1-5H3;7-9H,4-6H2,1-3H3;7-9H,2-6H2,1H3/t;;;;2*7-,8?,9?/m....10/s1. The Balaban J connectivity index is 0.000000208. The lowest BCUT2D eigenvalue weighted by atomic mass is 9.65. The maximum Gasteiger partial charge on any atom is -0.0288 e. The van der Waals surface area contributed by atoms with Crippen LogP contribution < -0.4 is 0 Å². The Morgan fingerprint density at radius 1 is 0.462 bits per heavy atom. The average Bonchev–Trinajstić information content (AvgIpc) is 3.93. The van der Waals surface area contributed by atoms with Gasteiger partial charge in [0, 0.05) is 0 Å². The van der Waals surface area contributed by atoms with Gasteiger partial charge in [-0.1, -0.05) is 212 Å². The van der Waals surface area contributed by atoms with Crippen LogP contribution in [0.15, 0.2) is 0 Å². The first-order valence-electron chi connectivity index (χ1n) is 29.3. The molecule has 0 aliphatic heterocycles. The number of rotatable bonds is 4. The maximum atomic E-state index is 2.46. The molecule has 0 spiro atoms. The van der Waals surface area contributed by atoms with Crippen LogP contribution in [-0.2, 0) is 0 Å². The molecule has 65 heavy (non-hydrogen) atoms. The molecule has 0 aromatic heterocycles. The second-order valence-corrected chi connectivity index (χ2v) is 32.2. The van der Waals surface area contributed by atoms with Gasteiger partial charge in [0.25, 0.3) is 0 Å². The normalized spacial score (nSPS) is 35.3. The lowest BCUT2D eigenvalue weighted by Crippen LogP contribution is -2.31. The molecular weight excluding hydrogens is 781 g/mol. The van der Waals surface area contributed by atoms with Crippen LogP contribution in [-0.4, -0.2) is 0 Å². The zero-order chi connectivity index (χ0) is 50.2. The minimum absolute atomic E-state index is 0.526. The average molecular weight is 908 g/mol. The summed E-state index contributed by atoms with van der Waals surface area (Å²) in [4.78, 5) is 0. The summed E-state index contributed by atoms with van der Waals surface area (Å²) < 4.78 is 0. The van der Waals surface area contributed by atoms with E-state index < -0.39 is 0 Å². The molecule has 0 nitrogen and oxygen atoms in total. The highest BCUT2D eigenvalue weighted by Gasteiger charge is 2.52. The van der Waals surface area contributed by atoms with Gasteiger partial charge in [0.15, 0.2) is 0 Å². The van der Waals surface area contributed by atoms with Gasteiger partial charge in [0.2, 0.25) is 0 Å². The van der Waals surface area contributed by atoms with E-state index in [4.69, 9.17) is 0 Å². The summed E-state index contributed by atoms with van der Waals surface area (Å²) in [5.41, 5.74) is 5.78. The highest BCUT2D eigenvalue weighted by atomic mass is 14.6. The van der Waals surface area contributed by atoms with Gasteiger partial charge >= 0.3 is 0 Å². The van der Waals surface area contributed by atoms with Crippen LogP contribution in [0.25, 0.3) is 0 Å². The first kappa shape index (κ1) is 59.3. The van der Waals surface area contributed by atoms with Crippen LogP contribution in [0.2, 0.25) is 0 Å². The third-order valence-corrected chi connectivity index (χ3v) is 23.7. The van der Waals surface area contributed by atoms with E-state index in [-0.39, 0.29) is 0 Å². The van der Waals surface area contributed by atoms with Crippen molar-refractivity contribution in [3.8, 4) is 0 Å². The Kier molecular flexibility index (Phi) is 19.5. The summed E-state index contributed by atoms with van der Waals surface area (Å²) in [6.45, 7) is 62.8. The fourth-order valence-corrected chi connectivity index (χ4v) is 18.1. The summed E-state index contributed by atoms with van der Waals surface area (Å²) in [5, 5.41) is 0. The molecule has 9 saturated carbocycles. The zero-order valence-corrected chi connectivity index (χ0v) is 50.2. The molecule has 4 atom stereocenters. The molecule has 9 fully saturated rings. The van der Waals surface area contributed by atoms with Crippen LogP contribution in [0.3, 0.4) is 0 Å². The third-order valence-electron chi connectivity index (χ3n) is 23.7. The highest BCUT2D eigenvalue weighted by molar-refractivity contribution is 5.02. The molecule has 0 saturated heterocycles. The second-order valence-electron chi connectivity index (χ2n) is 32.2. The summed E-state index contributed by atoms with van der Waals surface area (Å²) in [7, 11) is 0. The van der Waals surface area contributed by atoms with Crippen molar-refractivity contribution in [2.24, 2.45) is 113 Å². The molecule has 9 aliphatic carbocycles. The Morgan fingerprint density at radius 3 is 1.08 bits per heavy atom. The van der Waals surface area contributed by atoms with E-state index in [1.165, 1.54) is 89.9 Å². The van der Waals surface area contributed by atoms with Crippen molar-refractivity contribution in [1.82, 2.24) is 0 Å². The van der Waals surface area contributed by atoms with Gasteiger partial charge < -0.3 is 0 Å². The summed E-state index contributed by atoms with van der Waals surface area (Å²) in [5.74, 6) is 10.1. The van der Waals surface area contributed by atoms with Gasteiger partial charge in [0.05, 0.1) is 0 Å². The van der Waals surface area contributed by atoms with Gasteiger partial charge in [-0.3, -0.25) is 0 Å². The first-order chi connectivity index (χ1) is 29.3. The van der Waals surface area contributed by atoms with E-state index in [1.54, 1.807) is 32.1 Å². The third kappa shape index (κ3) is 14.1. The molecule has 9 rings (SSSR count). The van der Waals surface area contributed by atoms with E-state index in [0.717, 1.165) is 59.2 Å². The van der Waals surface area contributed by atoms with Crippen LogP contribution in [0.4, 0.5) is 0 Å². The highest BCUT2D eigenvalue weighted by Crippen LogP contribution is 2.62. The minimum Gasteiger partial charge on any atom is -0.0651 e. The smallest absolute Gasteiger partial charge is 0.0288 e.